The second-order valence-electron chi connectivity index (χ2n) is 32.5. The van der Waals surface area contributed by atoms with Crippen molar-refractivity contribution >= 4 is 56.8 Å². The number of fused-ring (bicyclic) bond motifs is 25. The van der Waals surface area contributed by atoms with Gasteiger partial charge in [-0.15, -0.1) is 0 Å². The Kier molecular flexibility index (Phi) is 19.5. The first kappa shape index (κ1) is 75.1. The average Bonchev–Trinajstić information content (AvgIpc) is 1.58. The number of aliphatic hydroxyl groups is 5. The Morgan fingerprint density at radius 3 is 0.875 bits per heavy atom. The van der Waals surface area contributed by atoms with Crippen molar-refractivity contribution < 1.29 is 96.9 Å². The van der Waals surface area contributed by atoms with Crippen LogP contribution in [-0.2, 0) is 60.5 Å². The number of hydrogen-bond donors (Lipinski definition) is 5. The topological polar surface area (TPSA) is 279 Å². The summed E-state index contributed by atoms with van der Waals surface area (Å²) in [7, 11) is 8.05. The highest BCUT2D eigenvalue weighted by Crippen LogP contribution is 2.60. The molecule has 17 aliphatic rings. The van der Waals surface area contributed by atoms with Crippen LogP contribution in [0.5, 0.6) is 28.7 Å². The molecule has 5 aromatic carbocycles. The smallest absolute Gasteiger partial charge is 0.173 e. The lowest BCUT2D eigenvalue weighted by atomic mass is 9.80. The van der Waals surface area contributed by atoms with Crippen LogP contribution >= 0.6 is 0 Å². The number of allylic oxidation sites excluding steroid dienone is 5. The summed E-state index contributed by atoms with van der Waals surface area (Å²) in [5, 5.41) is 53.7. The van der Waals surface area contributed by atoms with Gasteiger partial charge < -0.3 is 72.9 Å². The summed E-state index contributed by atoms with van der Waals surface area (Å²) in [4.78, 5) is 64.7. The molecule has 2 saturated carbocycles. The number of carbonyl (C=O) groups excluding carboxylic acids is 5. The zero-order chi connectivity index (χ0) is 77.0. The standard InChI is InChI=1S/C19H20O4.C19H18O4.C18H20O4.C18H18O4.C17H18O4.CH4/c2*1-22-10-4-5-11(9-2-3-9)12(8-10)15-18(20)16-13-6-7-14(23-13)17(16)19(15)21;2*1-3-9-4-5-10(21-2)8-11(9)14-17(19)15-12-6-7-13(22-12)16(15)18(14)20;1-8-3-4-9(20-2)7-10(8)13-16(18)14-11-5-6-12(21-11)15(14)17(13)19;/h4-5,8-9,13-14,16-17,20H,2-3,6-7H2,1H3;4-9,13-14,16-17,20H,2-3H2,1H3;4-5,8,12-13,15-16,19H,3,6-7H2,1-2H3;4-8,12-13,15-16,19H,3H2,1-2H3;3-4,7,11-12,14-15,18H,5-6H2,1-2H3;1H4/t2*13-,14+,16?,17?;2*12-,13+,15?,16?;11-,12+,14?,15?;/m11111./s1. The fraction of sp³-hybridized carbons (Fsp3) is 0.467. The number of aryl methyl sites for hydroxylation is 3. The first-order valence-corrected chi connectivity index (χ1v) is 39.7. The molecule has 10 fully saturated rings. The van der Waals surface area contributed by atoms with Gasteiger partial charge in [0, 0.05) is 0 Å². The molecule has 10 heterocycles. The minimum Gasteiger partial charge on any atom is -0.511 e. The number of ether oxygens (including phenoxy) is 10. The SMILES string of the molecule is C.CCc1ccc(OC)cc1C1=C(O)C2C(C1=O)[C@@H]1C=C[C@H]2O1.CCc1ccc(OC)cc1C1=C(O)C2C(C1=O)[C@@H]1CC[C@H]2O1.COc1ccc(C)c(C2=C(O)C3C(C2=O)[C@@H]2CC[C@H]3O2)c1.COc1ccc(C2CC2)c(C2=C(O)C3C(C2=O)[C@@H]2C=C[C@H]3O2)c1.COc1ccc(C2CC2)c(C2=C(O)C3C(C2=O)[C@@H]2CC[C@H]3O2)c1. The largest absolute Gasteiger partial charge is 0.511 e. The molecule has 586 valence electrons. The molecule has 20 nitrogen and oxygen atoms in total. The molecule has 5 aromatic rings. The molecule has 8 saturated heterocycles. The van der Waals surface area contributed by atoms with E-state index in [0.717, 1.165) is 133 Å². The Hall–Kier alpha value is -9.57. The van der Waals surface area contributed by atoms with Crippen molar-refractivity contribution in [3.63, 3.8) is 0 Å². The molecule has 7 aliphatic carbocycles. The average molecular weight is 1520 g/mol. The van der Waals surface area contributed by atoms with Crippen LogP contribution < -0.4 is 23.7 Å². The van der Waals surface area contributed by atoms with Crippen molar-refractivity contribution in [2.75, 3.05) is 35.5 Å². The molecule has 0 radical (unpaired) electrons. The van der Waals surface area contributed by atoms with Crippen LogP contribution in [0.4, 0.5) is 0 Å². The second kappa shape index (κ2) is 29.1. The van der Waals surface area contributed by atoms with E-state index >= 15 is 0 Å². The molecule has 10 bridgehead atoms. The highest BCUT2D eigenvalue weighted by atomic mass is 16.5. The lowest BCUT2D eigenvalue weighted by Crippen LogP contribution is -2.29. The highest BCUT2D eigenvalue weighted by Gasteiger charge is 2.64. The van der Waals surface area contributed by atoms with Crippen LogP contribution in [0.25, 0.3) is 27.9 Å². The number of rotatable bonds is 14. The van der Waals surface area contributed by atoms with E-state index in [-0.39, 0.29) is 185 Å². The van der Waals surface area contributed by atoms with Gasteiger partial charge in [-0.2, -0.15) is 0 Å². The number of aliphatic hydroxyl groups excluding tert-OH is 5. The van der Waals surface area contributed by atoms with Gasteiger partial charge >= 0.3 is 0 Å². The van der Waals surface area contributed by atoms with E-state index in [4.69, 9.17) is 47.4 Å². The van der Waals surface area contributed by atoms with Crippen molar-refractivity contribution in [3.8, 4) is 28.7 Å². The van der Waals surface area contributed by atoms with E-state index in [2.05, 4.69) is 13.0 Å². The first-order valence-electron chi connectivity index (χ1n) is 39.7. The van der Waals surface area contributed by atoms with E-state index in [1.54, 1.807) is 35.5 Å². The van der Waals surface area contributed by atoms with Crippen LogP contribution in [-0.4, -0.2) is 151 Å². The summed E-state index contributed by atoms with van der Waals surface area (Å²) in [5.41, 5.74) is 12.0. The van der Waals surface area contributed by atoms with E-state index in [0.29, 0.717) is 62.7 Å². The van der Waals surface area contributed by atoms with E-state index in [1.807, 2.05) is 123 Å². The monoisotopic (exact) mass is 1520 g/mol. The number of methoxy groups -OCH3 is 5. The summed E-state index contributed by atoms with van der Waals surface area (Å²) < 4.78 is 55.5. The van der Waals surface area contributed by atoms with Gasteiger partial charge in [0.2, 0.25) is 0 Å². The van der Waals surface area contributed by atoms with Crippen molar-refractivity contribution in [1.82, 2.24) is 0 Å². The lowest BCUT2D eigenvalue weighted by Gasteiger charge is -2.19. The number of carbonyl (C=O) groups is 5. The zero-order valence-corrected chi connectivity index (χ0v) is 63.5. The molecule has 10 aliphatic heterocycles. The quantitative estimate of drug-likeness (QED) is 0.0646. The van der Waals surface area contributed by atoms with Crippen LogP contribution in [0.3, 0.4) is 0 Å². The Bertz CT molecular complexity index is 4860. The normalized spacial score (nSPS) is 33.3. The Labute approximate surface area is 651 Å². The molecule has 0 amide bonds. The predicted molar refractivity (Wildman–Crippen MR) is 416 cm³/mol. The van der Waals surface area contributed by atoms with Gasteiger partial charge in [0.1, 0.15) is 57.5 Å². The molecule has 22 rings (SSSR count). The molecule has 10 unspecified atom stereocenters. The highest BCUT2D eigenvalue weighted by molar-refractivity contribution is 6.28. The van der Waals surface area contributed by atoms with Gasteiger partial charge in [-0.1, -0.05) is 75.9 Å². The molecular weight excluding hydrogens is 1420 g/mol. The summed E-state index contributed by atoms with van der Waals surface area (Å²) in [5.74, 6) is 3.79. The predicted octanol–water partition coefficient (Wildman–Crippen LogP) is 15.1. The fourth-order valence-electron chi connectivity index (χ4n) is 21.3. The van der Waals surface area contributed by atoms with Gasteiger partial charge in [-0.05, 0) is 212 Å². The summed E-state index contributed by atoms with van der Waals surface area (Å²) >= 11 is 0. The van der Waals surface area contributed by atoms with E-state index in [1.165, 1.54) is 5.56 Å². The van der Waals surface area contributed by atoms with Crippen LogP contribution in [0, 0.1) is 66.1 Å². The summed E-state index contributed by atoms with van der Waals surface area (Å²) in [6.07, 6.45) is 18.9. The third kappa shape index (κ3) is 11.9. The van der Waals surface area contributed by atoms with Gasteiger partial charge in [-0.25, -0.2) is 0 Å². The maximum atomic E-state index is 13.0. The lowest BCUT2D eigenvalue weighted by molar-refractivity contribution is -0.119. The molecule has 112 heavy (non-hydrogen) atoms. The van der Waals surface area contributed by atoms with Crippen LogP contribution in [0.1, 0.15) is 153 Å². The van der Waals surface area contributed by atoms with Gasteiger partial charge in [0.05, 0.1) is 184 Å². The van der Waals surface area contributed by atoms with Gasteiger partial charge in [-0.3, -0.25) is 24.0 Å². The molecule has 0 aromatic heterocycles. The fourth-order valence-corrected chi connectivity index (χ4v) is 21.3. The third-order valence-corrected chi connectivity index (χ3v) is 27.0. The van der Waals surface area contributed by atoms with Crippen molar-refractivity contribution in [2.45, 2.75) is 178 Å². The Morgan fingerprint density at radius 1 is 0.312 bits per heavy atom. The van der Waals surface area contributed by atoms with Crippen LogP contribution in [0.2, 0.25) is 0 Å². The first-order chi connectivity index (χ1) is 53.8. The maximum Gasteiger partial charge on any atom is 0.173 e. The molecule has 0 spiro atoms. The molecule has 5 N–H and O–H groups in total. The zero-order valence-electron chi connectivity index (χ0n) is 63.5. The number of benzene rings is 5. The summed E-state index contributed by atoms with van der Waals surface area (Å²) in [6, 6.07) is 28.8. The second-order valence-corrected chi connectivity index (χ2v) is 32.5. The summed E-state index contributed by atoms with van der Waals surface area (Å²) in [6.45, 7) is 6.04. The molecular formula is C92H98O20. The van der Waals surface area contributed by atoms with Crippen LogP contribution in [0.15, 0.2) is 144 Å². The minimum atomic E-state index is -0.277. The van der Waals surface area contributed by atoms with Crippen molar-refractivity contribution in [1.29, 1.82) is 0 Å². The number of Topliss-reactive ketones (excluding diaryl/α,β-unsaturated/α-hetero) is 5. The van der Waals surface area contributed by atoms with Gasteiger partial charge in [0.15, 0.2) is 28.9 Å². The Balaban J connectivity index is 0.000000101. The maximum absolute atomic E-state index is 13.0. The van der Waals surface area contributed by atoms with Gasteiger partial charge in [0.25, 0.3) is 0 Å². The number of hydrogen-bond acceptors (Lipinski definition) is 20. The van der Waals surface area contributed by atoms with Crippen molar-refractivity contribution in [3.05, 3.63) is 200 Å². The molecule has 20 heteroatoms. The third-order valence-electron chi connectivity index (χ3n) is 27.0. The molecule has 20 atom stereocenters. The minimum absolute atomic E-state index is 0. The van der Waals surface area contributed by atoms with E-state index < -0.39 is 0 Å². The van der Waals surface area contributed by atoms with E-state index in [9.17, 15) is 49.5 Å². The van der Waals surface area contributed by atoms with Crippen molar-refractivity contribution in [2.24, 2.45) is 59.2 Å². The number of ketones is 5. The Morgan fingerprint density at radius 2 is 0.571 bits per heavy atom.